The lowest BCUT2D eigenvalue weighted by molar-refractivity contribution is 0.433. The summed E-state index contributed by atoms with van der Waals surface area (Å²) in [5.41, 5.74) is 5.86. The highest BCUT2D eigenvalue weighted by atomic mass is 14.6. The molecule has 0 saturated carbocycles. The summed E-state index contributed by atoms with van der Waals surface area (Å²) in [6, 6.07) is 0.444. The summed E-state index contributed by atoms with van der Waals surface area (Å²) in [7, 11) is 0. The Kier molecular flexibility index (Phi) is 5.70. The van der Waals surface area contributed by atoms with Gasteiger partial charge in [-0.05, 0) is 18.8 Å². The molecule has 0 fully saturated rings. The molecule has 0 rings (SSSR count). The minimum Gasteiger partial charge on any atom is -0.328 e. The molecule has 1 heteroatoms. The predicted molar refractivity (Wildman–Crippen MR) is 47.0 cm³/mol. The zero-order chi connectivity index (χ0) is 7.98. The maximum Gasteiger partial charge on any atom is 0.00412 e. The molecule has 0 heterocycles. The molecule has 62 valence electrons. The molecular weight excluding hydrogens is 122 g/mol. The van der Waals surface area contributed by atoms with E-state index in [4.69, 9.17) is 5.73 Å². The van der Waals surface area contributed by atoms with E-state index in [-0.39, 0.29) is 0 Å². The first-order chi connectivity index (χ1) is 4.70. The summed E-state index contributed by atoms with van der Waals surface area (Å²) < 4.78 is 0. The van der Waals surface area contributed by atoms with Crippen molar-refractivity contribution in [1.29, 1.82) is 0 Å². The molecule has 0 aliphatic rings. The van der Waals surface area contributed by atoms with Crippen LogP contribution >= 0.6 is 0 Å². The molecule has 0 aromatic carbocycles. The first kappa shape index (κ1) is 9.96. The molecule has 2 unspecified atom stereocenters. The van der Waals surface area contributed by atoms with E-state index in [2.05, 4.69) is 20.8 Å². The van der Waals surface area contributed by atoms with E-state index in [1.807, 2.05) is 0 Å². The third-order valence-electron chi connectivity index (χ3n) is 2.06. The molecular formula is C9H21N. The standard InChI is InChI=1S/C9H21N/c1-4-6-9(10)7-8(3)5-2/h8-9H,4-7,10H2,1-3H3. The summed E-state index contributed by atoms with van der Waals surface area (Å²) >= 11 is 0. The third kappa shape index (κ3) is 4.80. The van der Waals surface area contributed by atoms with E-state index < -0.39 is 0 Å². The highest BCUT2D eigenvalue weighted by Gasteiger charge is 2.05. The van der Waals surface area contributed by atoms with Crippen molar-refractivity contribution in [2.75, 3.05) is 0 Å². The van der Waals surface area contributed by atoms with Crippen LogP contribution in [0.3, 0.4) is 0 Å². The van der Waals surface area contributed by atoms with Crippen LogP contribution in [0.4, 0.5) is 0 Å². The van der Waals surface area contributed by atoms with Crippen molar-refractivity contribution in [3.8, 4) is 0 Å². The van der Waals surface area contributed by atoms with Crippen molar-refractivity contribution in [2.45, 2.75) is 52.5 Å². The van der Waals surface area contributed by atoms with Gasteiger partial charge in [0.25, 0.3) is 0 Å². The average molecular weight is 143 g/mol. The molecule has 2 atom stereocenters. The fraction of sp³-hybridized carbons (Fsp3) is 1.00. The zero-order valence-corrected chi connectivity index (χ0v) is 7.56. The lowest BCUT2D eigenvalue weighted by atomic mass is 9.97. The van der Waals surface area contributed by atoms with Gasteiger partial charge < -0.3 is 5.73 Å². The summed E-state index contributed by atoms with van der Waals surface area (Å²) in [6.07, 6.45) is 4.86. The van der Waals surface area contributed by atoms with Gasteiger partial charge in [0.15, 0.2) is 0 Å². The average Bonchev–Trinajstić information content (AvgIpc) is 1.88. The van der Waals surface area contributed by atoms with Gasteiger partial charge in [0.05, 0.1) is 0 Å². The van der Waals surface area contributed by atoms with Gasteiger partial charge in [0.2, 0.25) is 0 Å². The Balaban J connectivity index is 3.27. The molecule has 0 aromatic heterocycles. The number of hydrogen-bond donors (Lipinski definition) is 1. The van der Waals surface area contributed by atoms with Crippen LogP contribution in [0.1, 0.15) is 46.5 Å². The second-order valence-corrected chi connectivity index (χ2v) is 3.30. The largest absolute Gasteiger partial charge is 0.328 e. The molecule has 0 aliphatic heterocycles. The summed E-state index contributed by atoms with van der Waals surface area (Å²) in [4.78, 5) is 0. The molecule has 10 heavy (non-hydrogen) atoms. The Bertz CT molecular complexity index is 71.1. The Morgan fingerprint density at radius 3 is 2.30 bits per heavy atom. The summed E-state index contributed by atoms with van der Waals surface area (Å²) in [6.45, 7) is 6.69. The quantitative estimate of drug-likeness (QED) is 0.629. The van der Waals surface area contributed by atoms with E-state index in [1.54, 1.807) is 0 Å². The molecule has 0 amide bonds. The van der Waals surface area contributed by atoms with Crippen LogP contribution in [0, 0.1) is 5.92 Å². The maximum atomic E-state index is 5.86. The number of nitrogens with two attached hydrogens (primary N) is 1. The van der Waals surface area contributed by atoms with Crippen LogP contribution in [0.15, 0.2) is 0 Å². The van der Waals surface area contributed by atoms with E-state index in [9.17, 15) is 0 Å². The number of rotatable bonds is 5. The van der Waals surface area contributed by atoms with Gasteiger partial charge in [-0.15, -0.1) is 0 Å². The van der Waals surface area contributed by atoms with Crippen molar-refractivity contribution in [3.05, 3.63) is 0 Å². The molecule has 0 aliphatic carbocycles. The molecule has 0 radical (unpaired) electrons. The highest BCUT2D eigenvalue weighted by molar-refractivity contribution is 4.63. The lowest BCUT2D eigenvalue weighted by Crippen LogP contribution is -2.22. The number of hydrogen-bond acceptors (Lipinski definition) is 1. The second-order valence-electron chi connectivity index (χ2n) is 3.30. The van der Waals surface area contributed by atoms with Gasteiger partial charge in [0.1, 0.15) is 0 Å². The maximum absolute atomic E-state index is 5.86. The highest BCUT2D eigenvalue weighted by Crippen LogP contribution is 2.10. The van der Waals surface area contributed by atoms with E-state index in [0.717, 1.165) is 5.92 Å². The Morgan fingerprint density at radius 2 is 1.90 bits per heavy atom. The van der Waals surface area contributed by atoms with Crippen molar-refractivity contribution in [2.24, 2.45) is 11.7 Å². The van der Waals surface area contributed by atoms with Gasteiger partial charge in [-0.1, -0.05) is 33.6 Å². The van der Waals surface area contributed by atoms with Crippen molar-refractivity contribution in [3.63, 3.8) is 0 Å². The Morgan fingerprint density at radius 1 is 1.30 bits per heavy atom. The first-order valence-electron chi connectivity index (χ1n) is 4.46. The summed E-state index contributed by atoms with van der Waals surface area (Å²) in [5, 5.41) is 0. The molecule has 0 spiro atoms. The van der Waals surface area contributed by atoms with E-state index in [0.29, 0.717) is 6.04 Å². The van der Waals surface area contributed by atoms with Crippen molar-refractivity contribution < 1.29 is 0 Å². The van der Waals surface area contributed by atoms with Gasteiger partial charge in [-0.3, -0.25) is 0 Å². The first-order valence-corrected chi connectivity index (χ1v) is 4.46. The molecule has 0 aromatic rings. The smallest absolute Gasteiger partial charge is 0.00412 e. The minimum atomic E-state index is 0.444. The van der Waals surface area contributed by atoms with Crippen LogP contribution in [-0.4, -0.2) is 6.04 Å². The van der Waals surface area contributed by atoms with Crippen LogP contribution in [0.25, 0.3) is 0 Å². The fourth-order valence-corrected chi connectivity index (χ4v) is 1.17. The van der Waals surface area contributed by atoms with Gasteiger partial charge >= 0.3 is 0 Å². The fourth-order valence-electron chi connectivity index (χ4n) is 1.17. The molecule has 2 N–H and O–H groups in total. The SMILES string of the molecule is CCCC(N)CC(C)CC. The van der Waals surface area contributed by atoms with Gasteiger partial charge in [0, 0.05) is 6.04 Å². The summed E-state index contributed by atoms with van der Waals surface area (Å²) in [5.74, 6) is 0.807. The molecule has 1 nitrogen and oxygen atoms in total. The molecule has 0 saturated heterocycles. The predicted octanol–water partition coefficient (Wildman–Crippen LogP) is 2.55. The van der Waals surface area contributed by atoms with E-state index >= 15 is 0 Å². The topological polar surface area (TPSA) is 26.0 Å². The van der Waals surface area contributed by atoms with Crippen LogP contribution < -0.4 is 5.73 Å². The van der Waals surface area contributed by atoms with Crippen LogP contribution in [0.5, 0.6) is 0 Å². The third-order valence-corrected chi connectivity index (χ3v) is 2.06. The van der Waals surface area contributed by atoms with E-state index in [1.165, 1.54) is 25.7 Å². The van der Waals surface area contributed by atoms with Crippen molar-refractivity contribution >= 4 is 0 Å². The van der Waals surface area contributed by atoms with Gasteiger partial charge in [-0.2, -0.15) is 0 Å². The van der Waals surface area contributed by atoms with Crippen molar-refractivity contribution in [1.82, 2.24) is 0 Å². The lowest BCUT2D eigenvalue weighted by Gasteiger charge is -2.14. The van der Waals surface area contributed by atoms with Crippen LogP contribution in [-0.2, 0) is 0 Å². The monoisotopic (exact) mass is 143 g/mol. The van der Waals surface area contributed by atoms with Gasteiger partial charge in [-0.25, -0.2) is 0 Å². The van der Waals surface area contributed by atoms with Crippen LogP contribution in [0.2, 0.25) is 0 Å². The Hall–Kier alpha value is -0.0400. The Labute approximate surface area is 65.0 Å². The molecule has 0 bridgehead atoms. The zero-order valence-electron chi connectivity index (χ0n) is 7.56. The minimum absolute atomic E-state index is 0.444. The second kappa shape index (κ2) is 5.72. The normalized spacial score (nSPS) is 16.8.